The molecule has 1 heterocycles. The van der Waals surface area contributed by atoms with Crippen LogP contribution in [0, 0.1) is 5.82 Å². The summed E-state index contributed by atoms with van der Waals surface area (Å²) in [6, 6.07) is 4.26. The summed E-state index contributed by atoms with van der Waals surface area (Å²) in [7, 11) is 0. The van der Waals surface area contributed by atoms with Gasteiger partial charge in [0.15, 0.2) is 0 Å². The Hall–Kier alpha value is -1.95. The van der Waals surface area contributed by atoms with E-state index in [2.05, 4.69) is 10.6 Å². The molecule has 1 saturated heterocycles. The van der Waals surface area contributed by atoms with Crippen LogP contribution >= 0.6 is 0 Å². The molecule has 2 atom stereocenters. The molecule has 0 aliphatic carbocycles. The number of carbonyl (C=O) groups is 2. The smallest absolute Gasteiger partial charge is 0.326 e. The van der Waals surface area contributed by atoms with Crippen LogP contribution in [0.15, 0.2) is 24.3 Å². The monoisotopic (exact) mass is 280 g/mol. The number of rotatable bonds is 5. The second-order valence-electron chi connectivity index (χ2n) is 4.88. The van der Waals surface area contributed by atoms with E-state index in [0.29, 0.717) is 12.0 Å². The first-order valence-electron chi connectivity index (χ1n) is 6.57. The van der Waals surface area contributed by atoms with Crippen LogP contribution in [0.5, 0.6) is 0 Å². The average Bonchev–Trinajstić information content (AvgIpc) is 2.94. The zero-order chi connectivity index (χ0) is 14.5. The highest BCUT2D eigenvalue weighted by Gasteiger charge is 2.27. The number of halogens is 1. The van der Waals surface area contributed by atoms with Crippen molar-refractivity contribution in [3.8, 4) is 0 Å². The third-order valence-corrected chi connectivity index (χ3v) is 3.34. The topological polar surface area (TPSA) is 78.4 Å². The van der Waals surface area contributed by atoms with Crippen LogP contribution in [-0.4, -0.2) is 35.6 Å². The molecule has 1 aromatic rings. The number of amides is 1. The van der Waals surface area contributed by atoms with Crippen molar-refractivity contribution in [3.63, 3.8) is 0 Å². The van der Waals surface area contributed by atoms with Crippen molar-refractivity contribution in [1.29, 1.82) is 0 Å². The largest absolute Gasteiger partial charge is 0.480 e. The summed E-state index contributed by atoms with van der Waals surface area (Å²) in [5.74, 6) is -1.77. The molecular formula is C14H17FN2O3. The molecule has 3 N–H and O–H groups in total. The van der Waals surface area contributed by atoms with Crippen LogP contribution in [0.2, 0.25) is 0 Å². The molecule has 1 aliphatic rings. The van der Waals surface area contributed by atoms with Gasteiger partial charge in [-0.1, -0.05) is 12.1 Å². The van der Waals surface area contributed by atoms with Gasteiger partial charge in [0.05, 0.1) is 6.04 Å². The molecule has 0 saturated carbocycles. The Bertz CT molecular complexity index is 484. The lowest BCUT2D eigenvalue weighted by Gasteiger charge is -2.17. The fourth-order valence-corrected chi connectivity index (χ4v) is 2.24. The van der Waals surface area contributed by atoms with Gasteiger partial charge in [-0.15, -0.1) is 0 Å². The Balaban J connectivity index is 1.98. The van der Waals surface area contributed by atoms with Gasteiger partial charge in [0.1, 0.15) is 11.9 Å². The highest BCUT2D eigenvalue weighted by atomic mass is 19.1. The second kappa shape index (κ2) is 6.47. The predicted octanol–water partition coefficient (Wildman–Crippen LogP) is 0.690. The van der Waals surface area contributed by atoms with Gasteiger partial charge in [-0.2, -0.15) is 0 Å². The average molecular weight is 280 g/mol. The van der Waals surface area contributed by atoms with Crippen molar-refractivity contribution in [2.45, 2.75) is 31.3 Å². The van der Waals surface area contributed by atoms with Gasteiger partial charge in [-0.3, -0.25) is 4.79 Å². The lowest BCUT2D eigenvalue weighted by molar-refractivity contribution is -0.142. The fraction of sp³-hybridized carbons (Fsp3) is 0.429. The molecule has 0 radical (unpaired) electrons. The predicted molar refractivity (Wildman–Crippen MR) is 70.7 cm³/mol. The van der Waals surface area contributed by atoms with Crippen LogP contribution in [0.3, 0.4) is 0 Å². The van der Waals surface area contributed by atoms with Gasteiger partial charge in [0, 0.05) is 6.42 Å². The number of carbonyl (C=O) groups excluding carboxylic acids is 1. The van der Waals surface area contributed by atoms with Crippen molar-refractivity contribution < 1.29 is 19.1 Å². The van der Waals surface area contributed by atoms with E-state index in [-0.39, 0.29) is 24.2 Å². The summed E-state index contributed by atoms with van der Waals surface area (Å²) in [6.07, 6.45) is 1.76. The van der Waals surface area contributed by atoms with E-state index in [1.807, 2.05) is 0 Å². The molecule has 0 bridgehead atoms. The highest BCUT2D eigenvalue weighted by Crippen LogP contribution is 2.08. The van der Waals surface area contributed by atoms with E-state index in [4.69, 9.17) is 0 Å². The van der Waals surface area contributed by atoms with Crippen molar-refractivity contribution in [2.75, 3.05) is 6.54 Å². The molecule has 0 aromatic heterocycles. The van der Waals surface area contributed by atoms with E-state index < -0.39 is 12.0 Å². The molecule has 1 fully saturated rings. The van der Waals surface area contributed by atoms with E-state index >= 15 is 0 Å². The minimum atomic E-state index is -1.10. The van der Waals surface area contributed by atoms with Gasteiger partial charge in [-0.05, 0) is 37.1 Å². The van der Waals surface area contributed by atoms with Gasteiger partial charge >= 0.3 is 5.97 Å². The SMILES string of the molecule is O=C(O)[C@H](Cc1ccc(F)cc1)NC(=O)[C@@H]1CCCN1. The summed E-state index contributed by atoms with van der Waals surface area (Å²) >= 11 is 0. The Kier molecular flexibility index (Phi) is 4.68. The number of aliphatic carboxylic acids is 1. The Morgan fingerprint density at radius 2 is 2.10 bits per heavy atom. The van der Waals surface area contributed by atoms with Crippen LogP contribution < -0.4 is 10.6 Å². The quantitative estimate of drug-likeness (QED) is 0.741. The van der Waals surface area contributed by atoms with Crippen LogP contribution in [-0.2, 0) is 16.0 Å². The Morgan fingerprint density at radius 3 is 2.65 bits per heavy atom. The van der Waals surface area contributed by atoms with Crippen molar-refractivity contribution in [1.82, 2.24) is 10.6 Å². The van der Waals surface area contributed by atoms with Crippen molar-refractivity contribution in [3.05, 3.63) is 35.6 Å². The lowest BCUT2D eigenvalue weighted by atomic mass is 10.1. The van der Waals surface area contributed by atoms with Crippen molar-refractivity contribution in [2.24, 2.45) is 0 Å². The van der Waals surface area contributed by atoms with Gasteiger partial charge < -0.3 is 15.7 Å². The maximum atomic E-state index is 12.8. The molecule has 2 rings (SSSR count). The van der Waals surface area contributed by atoms with Gasteiger partial charge in [-0.25, -0.2) is 9.18 Å². The molecule has 0 spiro atoms. The zero-order valence-electron chi connectivity index (χ0n) is 10.9. The van der Waals surface area contributed by atoms with Gasteiger partial charge in [0.25, 0.3) is 0 Å². The lowest BCUT2D eigenvalue weighted by Crippen LogP contribution is -2.49. The molecule has 1 amide bonds. The molecule has 1 aliphatic heterocycles. The highest BCUT2D eigenvalue weighted by molar-refractivity contribution is 5.87. The molecule has 0 unspecified atom stereocenters. The number of hydrogen-bond acceptors (Lipinski definition) is 3. The third-order valence-electron chi connectivity index (χ3n) is 3.34. The second-order valence-corrected chi connectivity index (χ2v) is 4.88. The molecule has 108 valence electrons. The summed E-state index contributed by atoms with van der Waals surface area (Å²) < 4.78 is 12.8. The summed E-state index contributed by atoms with van der Waals surface area (Å²) in [5.41, 5.74) is 0.665. The van der Waals surface area contributed by atoms with Gasteiger partial charge in [0.2, 0.25) is 5.91 Å². The molecule has 6 heteroatoms. The Morgan fingerprint density at radius 1 is 1.40 bits per heavy atom. The zero-order valence-corrected chi connectivity index (χ0v) is 10.9. The fourth-order valence-electron chi connectivity index (χ4n) is 2.24. The first-order valence-corrected chi connectivity index (χ1v) is 6.57. The summed E-state index contributed by atoms with van der Waals surface area (Å²) in [6.45, 7) is 0.772. The van der Waals surface area contributed by atoms with E-state index in [9.17, 15) is 19.1 Å². The maximum absolute atomic E-state index is 12.8. The summed E-state index contributed by atoms with van der Waals surface area (Å²) in [4.78, 5) is 23.1. The molecule has 20 heavy (non-hydrogen) atoms. The molecule has 5 nitrogen and oxygen atoms in total. The van der Waals surface area contributed by atoms with E-state index in [0.717, 1.165) is 13.0 Å². The number of carboxylic acid groups (broad SMARTS) is 1. The minimum Gasteiger partial charge on any atom is -0.480 e. The number of nitrogens with one attached hydrogen (secondary N) is 2. The maximum Gasteiger partial charge on any atom is 0.326 e. The van der Waals surface area contributed by atoms with E-state index in [1.165, 1.54) is 24.3 Å². The molecule has 1 aromatic carbocycles. The first kappa shape index (κ1) is 14.5. The minimum absolute atomic E-state index is 0.133. The van der Waals surface area contributed by atoms with E-state index in [1.54, 1.807) is 0 Å². The third kappa shape index (κ3) is 3.77. The van der Waals surface area contributed by atoms with Crippen LogP contribution in [0.1, 0.15) is 18.4 Å². The van der Waals surface area contributed by atoms with Crippen molar-refractivity contribution >= 4 is 11.9 Å². The normalized spacial score (nSPS) is 19.6. The standard InChI is InChI=1S/C14H17FN2O3/c15-10-5-3-9(4-6-10)8-12(14(19)20)17-13(18)11-2-1-7-16-11/h3-6,11-12,16H,1-2,7-8H2,(H,17,18)(H,19,20)/t11-,12-/m0/s1. The number of benzene rings is 1. The number of carboxylic acids is 1. The van der Waals surface area contributed by atoms with Crippen LogP contribution in [0.4, 0.5) is 4.39 Å². The first-order chi connectivity index (χ1) is 9.56. The Labute approximate surface area is 116 Å². The van der Waals surface area contributed by atoms with Crippen LogP contribution in [0.25, 0.3) is 0 Å². The summed E-state index contributed by atoms with van der Waals surface area (Å²) in [5, 5.41) is 14.7. The molecular weight excluding hydrogens is 263 g/mol. The number of hydrogen-bond donors (Lipinski definition) is 3.